The lowest BCUT2D eigenvalue weighted by atomic mass is 10.2. The van der Waals surface area contributed by atoms with Crippen molar-refractivity contribution in [2.24, 2.45) is 0 Å². The largest absolute Gasteiger partial charge is 0.383 e. The molecule has 0 bridgehead atoms. The number of aryl methyl sites for hydroxylation is 1. The molecule has 162 valence electrons. The molecule has 1 aromatic heterocycles. The zero-order valence-corrected chi connectivity index (χ0v) is 18.0. The number of anilines is 2. The van der Waals surface area contributed by atoms with E-state index in [1.54, 1.807) is 48.5 Å². The number of carbonyl (C=O) groups excluding carboxylic acids is 1. The molecule has 8 nitrogen and oxygen atoms in total. The Labute approximate surface area is 180 Å². The molecule has 3 rings (SSSR count). The van der Waals surface area contributed by atoms with E-state index in [0.717, 1.165) is 5.56 Å². The molecule has 0 radical (unpaired) electrons. The first-order chi connectivity index (χ1) is 14.8. The highest BCUT2D eigenvalue weighted by Gasteiger charge is 2.14. The van der Waals surface area contributed by atoms with E-state index in [4.69, 9.17) is 4.74 Å². The van der Waals surface area contributed by atoms with Gasteiger partial charge in [0.25, 0.3) is 21.5 Å². The minimum atomic E-state index is -3.71. The van der Waals surface area contributed by atoms with Crippen LogP contribution in [0.4, 0.5) is 11.4 Å². The fraction of sp³-hybridized carbons (Fsp3) is 0.182. The van der Waals surface area contributed by atoms with Crippen molar-refractivity contribution in [2.45, 2.75) is 18.4 Å². The summed E-state index contributed by atoms with van der Waals surface area (Å²) in [5.41, 5.74) is 1.91. The Morgan fingerprint density at radius 3 is 2.26 bits per heavy atom. The molecule has 0 atom stereocenters. The number of sulfonamides is 1. The van der Waals surface area contributed by atoms with Gasteiger partial charge in [0.2, 0.25) is 0 Å². The van der Waals surface area contributed by atoms with Crippen molar-refractivity contribution < 1.29 is 17.9 Å². The van der Waals surface area contributed by atoms with E-state index >= 15 is 0 Å². The first-order valence-electron chi connectivity index (χ1n) is 9.49. The Morgan fingerprint density at radius 2 is 1.61 bits per heavy atom. The Balaban J connectivity index is 1.68. The zero-order valence-electron chi connectivity index (χ0n) is 17.2. The van der Waals surface area contributed by atoms with Gasteiger partial charge in [0.1, 0.15) is 0 Å². The number of hydrogen-bond donors (Lipinski definition) is 2. The highest BCUT2D eigenvalue weighted by Crippen LogP contribution is 2.19. The Hall–Kier alpha value is -3.43. The Kier molecular flexibility index (Phi) is 6.88. The smallest absolute Gasteiger partial charge is 0.261 e. The maximum Gasteiger partial charge on any atom is 0.261 e. The number of pyridine rings is 1. The number of benzene rings is 2. The van der Waals surface area contributed by atoms with Crippen LogP contribution < -0.4 is 15.6 Å². The summed E-state index contributed by atoms with van der Waals surface area (Å²) in [4.78, 5) is 24.5. The van der Waals surface area contributed by atoms with Crippen molar-refractivity contribution >= 4 is 27.3 Å². The number of nitrogens with one attached hydrogen (secondary N) is 2. The van der Waals surface area contributed by atoms with Gasteiger partial charge in [-0.3, -0.25) is 14.3 Å². The summed E-state index contributed by atoms with van der Waals surface area (Å²) in [5, 5.41) is 2.73. The molecule has 0 aliphatic heterocycles. The van der Waals surface area contributed by atoms with E-state index in [2.05, 4.69) is 10.0 Å². The number of nitrogens with zero attached hydrogens (tertiary/aromatic N) is 1. The van der Waals surface area contributed by atoms with Gasteiger partial charge in [-0.1, -0.05) is 17.7 Å². The average molecular weight is 442 g/mol. The topological polar surface area (TPSA) is 106 Å². The lowest BCUT2D eigenvalue weighted by Crippen LogP contribution is -2.23. The number of aromatic nitrogens is 1. The number of amides is 1. The number of ether oxygens (including phenoxy) is 1. The maximum absolute atomic E-state index is 12.5. The summed E-state index contributed by atoms with van der Waals surface area (Å²) in [7, 11) is -2.17. The molecule has 0 spiro atoms. The third-order valence-corrected chi connectivity index (χ3v) is 5.91. The maximum atomic E-state index is 12.5. The van der Waals surface area contributed by atoms with Crippen molar-refractivity contribution in [1.29, 1.82) is 0 Å². The number of hydrogen-bond acceptors (Lipinski definition) is 5. The molecule has 0 saturated heterocycles. The zero-order chi connectivity index (χ0) is 22.4. The van der Waals surface area contributed by atoms with Gasteiger partial charge < -0.3 is 14.6 Å². The molecule has 1 heterocycles. The van der Waals surface area contributed by atoms with E-state index < -0.39 is 10.0 Å². The third kappa shape index (κ3) is 5.80. The summed E-state index contributed by atoms with van der Waals surface area (Å²) in [6.45, 7) is 2.57. The van der Waals surface area contributed by atoms with E-state index in [1.165, 1.54) is 30.0 Å². The number of carbonyl (C=O) groups is 1. The van der Waals surface area contributed by atoms with Crippen molar-refractivity contribution in [2.75, 3.05) is 23.8 Å². The summed E-state index contributed by atoms with van der Waals surface area (Å²) in [6.07, 6.45) is 1.47. The second-order valence-corrected chi connectivity index (χ2v) is 8.57. The molecule has 31 heavy (non-hydrogen) atoms. The van der Waals surface area contributed by atoms with Crippen LogP contribution in [0.25, 0.3) is 0 Å². The Morgan fingerprint density at radius 1 is 0.968 bits per heavy atom. The van der Waals surface area contributed by atoms with Gasteiger partial charge >= 0.3 is 0 Å². The van der Waals surface area contributed by atoms with Gasteiger partial charge in [0.05, 0.1) is 17.1 Å². The minimum absolute atomic E-state index is 0.166. The second-order valence-electron chi connectivity index (χ2n) is 6.89. The van der Waals surface area contributed by atoms with Crippen LogP contribution >= 0.6 is 0 Å². The molecular formula is C22H23N3O5S. The predicted molar refractivity (Wildman–Crippen MR) is 119 cm³/mol. The van der Waals surface area contributed by atoms with Crippen LogP contribution in [-0.2, 0) is 21.3 Å². The molecule has 3 aromatic rings. The van der Waals surface area contributed by atoms with E-state index in [1.807, 2.05) is 6.92 Å². The van der Waals surface area contributed by atoms with Crippen LogP contribution in [0.5, 0.6) is 0 Å². The highest BCUT2D eigenvalue weighted by molar-refractivity contribution is 7.92. The van der Waals surface area contributed by atoms with E-state index in [0.29, 0.717) is 30.1 Å². The molecule has 2 aromatic carbocycles. The number of rotatable bonds is 8. The molecule has 1 amide bonds. The quantitative estimate of drug-likeness (QED) is 0.559. The van der Waals surface area contributed by atoms with Gasteiger partial charge in [-0.05, 0) is 49.4 Å². The first kappa shape index (κ1) is 22.3. The fourth-order valence-electron chi connectivity index (χ4n) is 2.79. The number of methoxy groups -OCH3 is 1. The van der Waals surface area contributed by atoms with Crippen molar-refractivity contribution in [3.05, 3.63) is 88.3 Å². The summed E-state index contributed by atoms with van der Waals surface area (Å²) < 4.78 is 33.8. The molecule has 0 aliphatic rings. The van der Waals surface area contributed by atoms with E-state index in [9.17, 15) is 18.0 Å². The molecular weight excluding hydrogens is 418 g/mol. The van der Waals surface area contributed by atoms with Crippen molar-refractivity contribution in [3.8, 4) is 0 Å². The average Bonchev–Trinajstić information content (AvgIpc) is 2.74. The van der Waals surface area contributed by atoms with Crippen LogP contribution in [-0.4, -0.2) is 32.6 Å². The second kappa shape index (κ2) is 9.59. The van der Waals surface area contributed by atoms with Crippen molar-refractivity contribution in [3.63, 3.8) is 0 Å². The van der Waals surface area contributed by atoms with Crippen molar-refractivity contribution in [1.82, 2.24) is 4.57 Å². The summed E-state index contributed by atoms with van der Waals surface area (Å²) in [6, 6.07) is 15.6. The molecule has 2 N–H and O–H groups in total. The Bertz CT molecular complexity index is 1220. The van der Waals surface area contributed by atoms with Gasteiger partial charge in [-0.15, -0.1) is 0 Å². The fourth-order valence-corrected chi connectivity index (χ4v) is 3.85. The molecule has 9 heteroatoms. The lowest BCUT2D eigenvalue weighted by molar-refractivity contribution is 0.102. The molecule has 0 aliphatic carbocycles. The predicted octanol–water partition coefficient (Wildman–Crippen LogP) is 2.86. The van der Waals surface area contributed by atoms with Crippen LogP contribution in [0.15, 0.2) is 76.6 Å². The van der Waals surface area contributed by atoms with E-state index in [-0.39, 0.29) is 16.4 Å². The molecule has 0 unspecified atom stereocenters. The van der Waals surface area contributed by atoms with Gasteiger partial charge in [-0.2, -0.15) is 0 Å². The lowest BCUT2D eigenvalue weighted by Gasteiger charge is -2.11. The van der Waals surface area contributed by atoms with Crippen LogP contribution in [0.2, 0.25) is 0 Å². The standard InChI is InChI=1S/C22H23N3O5S/c1-16-3-10-20(11-4-16)31(28,29)24-19-8-6-18(7-9-19)23-22(27)17-5-12-21(26)25(15-17)13-14-30-2/h3-12,15,24H,13-14H2,1-2H3,(H,23,27). The molecule has 0 fully saturated rings. The minimum Gasteiger partial charge on any atom is -0.383 e. The monoisotopic (exact) mass is 441 g/mol. The highest BCUT2D eigenvalue weighted by atomic mass is 32.2. The third-order valence-electron chi connectivity index (χ3n) is 4.51. The normalized spacial score (nSPS) is 11.2. The summed E-state index contributed by atoms with van der Waals surface area (Å²) in [5.74, 6) is -0.390. The van der Waals surface area contributed by atoms with Gasteiger partial charge in [-0.25, -0.2) is 8.42 Å². The van der Waals surface area contributed by atoms with Gasteiger partial charge in [0.15, 0.2) is 0 Å². The molecule has 0 saturated carbocycles. The van der Waals surface area contributed by atoms with Gasteiger partial charge in [0, 0.05) is 37.3 Å². The first-order valence-corrected chi connectivity index (χ1v) is 11.0. The van der Waals surface area contributed by atoms with Crippen LogP contribution in [0, 0.1) is 6.92 Å². The SMILES string of the molecule is COCCn1cc(C(=O)Nc2ccc(NS(=O)(=O)c3ccc(C)cc3)cc2)ccc1=O. The summed E-state index contributed by atoms with van der Waals surface area (Å²) >= 11 is 0. The van der Waals surface area contributed by atoms with Crippen LogP contribution in [0.3, 0.4) is 0 Å². The van der Waals surface area contributed by atoms with Crippen LogP contribution in [0.1, 0.15) is 15.9 Å².